The molecule has 16 heavy (non-hydrogen) atoms. The van der Waals surface area contributed by atoms with Crippen molar-refractivity contribution in [3.63, 3.8) is 0 Å². The molecule has 0 unspecified atom stereocenters. The van der Waals surface area contributed by atoms with E-state index in [0.29, 0.717) is 0 Å². The summed E-state index contributed by atoms with van der Waals surface area (Å²) >= 11 is 0. The van der Waals surface area contributed by atoms with Crippen LogP contribution in [0, 0.1) is 5.82 Å². The Balaban J connectivity index is 3.08. The van der Waals surface area contributed by atoms with Gasteiger partial charge in [0.1, 0.15) is 5.82 Å². The Labute approximate surface area is 91.7 Å². The zero-order valence-electron chi connectivity index (χ0n) is 8.32. The fourth-order valence-corrected chi connectivity index (χ4v) is 1.88. The van der Waals surface area contributed by atoms with Crippen LogP contribution in [-0.2, 0) is 10.0 Å². The molecule has 0 aliphatic rings. The van der Waals surface area contributed by atoms with Gasteiger partial charge in [0.05, 0.1) is 10.6 Å². The number of nitrogen functional groups attached to an aromatic ring is 1. The number of rotatable bonds is 2. The fourth-order valence-electron chi connectivity index (χ4n) is 0.907. The van der Waals surface area contributed by atoms with Crippen LogP contribution in [0.2, 0.25) is 0 Å². The van der Waals surface area contributed by atoms with Gasteiger partial charge in [0.25, 0.3) is 10.0 Å². The van der Waals surface area contributed by atoms with Gasteiger partial charge < -0.3 is 11.1 Å². The summed E-state index contributed by atoms with van der Waals surface area (Å²) < 4.78 is 37.7. The summed E-state index contributed by atoms with van der Waals surface area (Å²) in [6, 6.07) is 2.04. The van der Waals surface area contributed by atoms with Crippen LogP contribution in [0.15, 0.2) is 23.1 Å². The molecule has 0 heterocycles. The number of hydrogen-bond acceptors (Lipinski definition) is 4. The third kappa shape index (κ3) is 2.60. The first kappa shape index (κ1) is 12.2. The van der Waals surface area contributed by atoms with Gasteiger partial charge in [0.2, 0.25) is 0 Å². The minimum atomic E-state index is -4.07. The number of nitrogens with one attached hydrogen (secondary N) is 2. The summed E-state index contributed by atoms with van der Waals surface area (Å²) in [5, 5.41) is 2.07. The Morgan fingerprint density at radius 3 is 2.56 bits per heavy atom. The minimum Gasteiger partial charge on any atom is -0.396 e. The van der Waals surface area contributed by atoms with E-state index < -0.39 is 21.9 Å². The molecule has 0 aromatic heterocycles. The maximum absolute atomic E-state index is 13.0. The van der Waals surface area contributed by atoms with Gasteiger partial charge >= 0.3 is 6.03 Å². The highest BCUT2D eigenvalue weighted by atomic mass is 32.2. The second-order valence-electron chi connectivity index (χ2n) is 2.87. The van der Waals surface area contributed by atoms with Crippen molar-refractivity contribution < 1.29 is 17.6 Å². The quantitative estimate of drug-likeness (QED) is 0.641. The number of anilines is 1. The van der Waals surface area contributed by atoms with E-state index in [1.54, 1.807) is 4.72 Å². The summed E-state index contributed by atoms with van der Waals surface area (Å²) in [6.45, 7) is 0. The highest BCUT2D eigenvalue weighted by molar-refractivity contribution is 7.90. The molecule has 8 heteroatoms. The molecule has 1 rings (SSSR count). The Hall–Kier alpha value is -1.83. The van der Waals surface area contributed by atoms with Crippen LogP contribution < -0.4 is 15.8 Å². The highest BCUT2D eigenvalue weighted by Gasteiger charge is 2.17. The second-order valence-corrected chi connectivity index (χ2v) is 4.55. The Morgan fingerprint density at radius 2 is 2.06 bits per heavy atom. The van der Waals surface area contributed by atoms with Gasteiger partial charge in [-0.25, -0.2) is 22.3 Å². The molecule has 2 amide bonds. The van der Waals surface area contributed by atoms with Crippen LogP contribution in [0.5, 0.6) is 0 Å². The second kappa shape index (κ2) is 4.35. The minimum absolute atomic E-state index is 0.168. The Bertz CT molecular complexity index is 515. The van der Waals surface area contributed by atoms with Crippen molar-refractivity contribution in [1.82, 2.24) is 10.0 Å². The van der Waals surface area contributed by atoms with Crippen LogP contribution >= 0.6 is 0 Å². The van der Waals surface area contributed by atoms with E-state index in [2.05, 4.69) is 5.32 Å². The number of sulfonamides is 1. The van der Waals surface area contributed by atoms with Crippen LogP contribution in [0.1, 0.15) is 0 Å². The molecule has 0 saturated heterocycles. The lowest BCUT2D eigenvalue weighted by molar-refractivity contribution is 0.248. The lowest BCUT2D eigenvalue weighted by Gasteiger charge is -2.06. The summed E-state index contributed by atoms with van der Waals surface area (Å²) in [4.78, 5) is 10.5. The van der Waals surface area contributed by atoms with E-state index in [-0.39, 0.29) is 10.6 Å². The van der Waals surface area contributed by atoms with Gasteiger partial charge in [-0.2, -0.15) is 0 Å². The molecule has 0 fully saturated rings. The summed E-state index contributed by atoms with van der Waals surface area (Å²) in [7, 11) is -2.81. The maximum Gasteiger partial charge on any atom is 0.328 e. The van der Waals surface area contributed by atoms with Gasteiger partial charge in [0.15, 0.2) is 0 Å². The number of carbonyl (C=O) groups excluding carboxylic acids is 1. The summed E-state index contributed by atoms with van der Waals surface area (Å²) in [5.74, 6) is -0.861. The van der Waals surface area contributed by atoms with E-state index in [4.69, 9.17) is 5.73 Å². The van der Waals surface area contributed by atoms with Gasteiger partial charge in [-0.05, 0) is 18.2 Å². The monoisotopic (exact) mass is 247 g/mol. The molecule has 0 aliphatic heterocycles. The van der Waals surface area contributed by atoms with Crippen LogP contribution in [0.25, 0.3) is 0 Å². The van der Waals surface area contributed by atoms with Gasteiger partial charge in [-0.1, -0.05) is 0 Å². The van der Waals surface area contributed by atoms with Crippen molar-refractivity contribution in [3.8, 4) is 0 Å². The van der Waals surface area contributed by atoms with Gasteiger partial charge in [-0.15, -0.1) is 0 Å². The Kier molecular flexibility index (Phi) is 3.33. The molecule has 6 nitrogen and oxygen atoms in total. The van der Waals surface area contributed by atoms with Crippen LogP contribution in [0.4, 0.5) is 14.9 Å². The summed E-state index contributed by atoms with van der Waals surface area (Å²) in [6.07, 6.45) is 0. The molecule has 1 aromatic rings. The van der Waals surface area contributed by atoms with Crippen molar-refractivity contribution in [2.24, 2.45) is 0 Å². The predicted molar refractivity (Wildman–Crippen MR) is 55.6 cm³/mol. The van der Waals surface area contributed by atoms with Crippen molar-refractivity contribution >= 4 is 21.7 Å². The van der Waals surface area contributed by atoms with E-state index in [1.165, 1.54) is 7.05 Å². The van der Waals surface area contributed by atoms with Crippen LogP contribution in [0.3, 0.4) is 0 Å². The zero-order valence-corrected chi connectivity index (χ0v) is 9.14. The average molecular weight is 247 g/mol. The first-order valence-electron chi connectivity index (χ1n) is 4.16. The highest BCUT2D eigenvalue weighted by Crippen LogP contribution is 2.15. The molecular weight excluding hydrogens is 237 g/mol. The van der Waals surface area contributed by atoms with Gasteiger partial charge in [-0.3, -0.25) is 0 Å². The standard InChI is InChI=1S/C8H10FN3O3S/c1-11-8(13)12-16(14,15)5-2-3-7(10)6(9)4-5/h2-4H,10H2,1H3,(H2,11,12,13). The van der Waals surface area contributed by atoms with Crippen molar-refractivity contribution in [2.75, 3.05) is 12.8 Å². The first-order valence-corrected chi connectivity index (χ1v) is 5.64. The molecule has 0 bridgehead atoms. The smallest absolute Gasteiger partial charge is 0.328 e. The molecule has 88 valence electrons. The maximum atomic E-state index is 13.0. The normalized spacial score (nSPS) is 10.9. The van der Waals surface area contributed by atoms with E-state index >= 15 is 0 Å². The molecule has 0 saturated carbocycles. The zero-order chi connectivity index (χ0) is 12.3. The third-order valence-electron chi connectivity index (χ3n) is 1.74. The molecule has 0 radical (unpaired) electrons. The largest absolute Gasteiger partial charge is 0.396 e. The molecule has 0 atom stereocenters. The molecule has 4 N–H and O–H groups in total. The van der Waals surface area contributed by atoms with Crippen molar-refractivity contribution in [3.05, 3.63) is 24.0 Å². The van der Waals surface area contributed by atoms with E-state index in [0.717, 1.165) is 18.2 Å². The molecular formula is C8H10FN3O3S. The molecule has 1 aromatic carbocycles. The van der Waals surface area contributed by atoms with Crippen molar-refractivity contribution in [2.45, 2.75) is 4.90 Å². The third-order valence-corrected chi connectivity index (χ3v) is 3.07. The number of carbonyl (C=O) groups is 1. The van der Waals surface area contributed by atoms with E-state index in [1.807, 2.05) is 0 Å². The van der Waals surface area contributed by atoms with E-state index in [9.17, 15) is 17.6 Å². The summed E-state index contributed by atoms with van der Waals surface area (Å²) in [5.41, 5.74) is 5.02. The van der Waals surface area contributed by atoms with Gasteiger partial charge in [0, 0.05) is 7.05 Å². The predicted octanol–water partition coefficient (Wildman–Crippen LogP) is 0.0256. The number of hydrogen-bond donors (Lipinski definition) is 3. The Morgan fingerprint density at radius 1 is 1.44 bits per heavy atom. The molecule has 0 aliphatic carbocycles. The number of benzene rings is 1. The lowest BCUT2D eigenvalue weighted by Crippen LogP contribution is -2.37. The number of urea groups is 1. The number of amides is 2. The SMILES string of the molecule is CNC(=O)NS(=O)(=O)c1ccc(N)c(F)c1. The fraction of sp³-hybridized carbons (Fsp3) is 0.125. The van der Waals surface area contributed by atoms with Crippen LogP contribution in [-0.4, -0.2) is 21.5 Å². The number of halogens is 1. The first-order chi connectivity index (χ1) is 7.36. The topological polar surface area (TPSA) is 101 Å². The average Bonchev–Trinajstić information content (AvgIpc) is 2.21. The number of nitrogens with two attached hydrogens (primary N) is 1. The molecule has 0 spiro atoms. The van der Waals surface area contributed by atoms with Crippen molar-refractivity contribution in [1.29, 1.82) is 0 Å². The lowest BCUT2D eigenvalue weighted by atomic mass is 10.3.